The smallest absolute Gasteiger partial charge is 0.352 e. The van der Waals surface area contributed by atoms with Gasteiger partial charge < -0.3 is 20.5 Å². The lowest BCUT2D eigenvalue weighted by Crippen LogP contribution is -2.25. The summed E-state index contributed by atoms with van der Waals surface area (Å²) >= 11 is 0. The van der Waals surface area contributed by atoms with Crippen LogP contribution < -0.4 is 15.4 Å². The first kappa shape index (κ1) is 19.2. The molecular weight excluding hydrogens is 391 g/mol. The van der Waals surface area contributed by atoms with Gasteiger partial charge in [0.15, 0.2) is 0 Å². The number of hydrogen-bond donors (Lipinski definition) is 3. The fourth-order valence-electron chi connectivity index (χ4n) is 3.18. The number of carboxylic acid groups (broad SMARTS) is 1. The Balaban J connectivity index is 1.70. The average molecular weight is 408 g/mol. The van der Waals surface area contributed by atoms with Crippen LogP contribution in [-0.2, 0) is 4.79 Å². The number of rotatable bonds is 5. The molecule has 1 aliphatic heterocycles. The summed E-state index contributed by atoms with van der Waals surface area (Å²) in [6, 6.07) is 11.9. The van der Waals surface area contributed by atoms with Crippen molar-refractivity contribution < 1.29 is 23.8 Å². The lowest BCUT2D eigenvalue weighted by atomic mass is 10.0. The minimum absolute atomic E-state index is 0.104. The number of carbonyl (C=O) groups is 2. The minimum Gasteiger partial charge on any atom is -0.497 e. The zero-order valence-electron chi connectivity index (χ0n) is 15.8. The number of aromatic nitrogens is 2. The predicted octanol–water partition coefficient (Wildman–Crippen LogP) is 3.27. The van der Waals surface area contributed by atoms with E-state index >= 15 is 0 Å². The number of carbonyl (C=O) groups excluding carboxylic acids is 1. The molecule has 3 N–H and O–H groups in total. The van der Waals surface area contributed by atoms with E-state index in [9.17, 15) is 19.1 Å². The van der Waals surface area contributed by atoms with Crippen molar-refractivity contribution in [1.29, 1.82) is 0 Å². The zero-order valence-corrected chi connectivity index (χ0v) is 15.8. The molecule has 0 spiro atoms. The van der Waals surface area contributed by atoms with Crippen molar-refractivity contribution in [3.63, 3.8) is 0 Å². The van der Waals surface area contributed by atoms with Crippen LogP contribution in [0, 0.1) is 5.82 Å². The number of fused-ring (bicyclic) bond motifs is 1. The Labute approximate surface area is 170 Å². The van der Waals surface area contributed by atoms with Gasteiger partial charge in [-0.3, -0.25) is 4.79 Å². The Morgan fingerprint density at radius 3 is 2.70 bits per heavy atom. The summed E-state index contributed by atoms with van der Waals surface area (Å²) in [5, 5.41) is 19.3. The molecule has 1 aliphatic rings. The molecule has 4 rings (SSSR count). The summed E-state index contributed by atoms with van der Waals surface area (Å²) < 4.78 is 20.0. The van der Waals surface area contributed by atoms with Gasteiger partial charge in [0.25, 0.3) is 5.91 Å². The Bertz CT molecular complexity index is 1150. The molecule has 8 nitrogen and oxygen atoms in total. The van der Waals surface area contributed by atoms with E-state index in [4.69, 9.17) is 4.74 Å². The van der Waals surface area contributed by atoms with Crippen LogP contribution in [-0.4, -0.2) is 33.9 Å². The third kappa shape index (κ3) is 3.60. The number of hydrogen-bond acceptors (Lipinski definition) is 5. The molecule has 30 heavy (non-hydrogen) atoms. The van der Waals surface area contributed by atoms with Crippen LogP contribution in [0.3, 0.4) is 0 Å². The number of ether oxygens (including phenoxy) is 1. The minimum atomic E-state index is -1.19. The first-order valence-electron chi connectivity index (χ1n) is 8.97. The highest BCUT2D eigenvalue weighted by atomic mass is 19.1. The summed E-state index contributed by atoms with van der Waals surface area (Å²) in [5.74, 6) is -1.26. The Morgan fingerprint density at radius 2 is 2.00 bits per heavy atom. The summed E-state index contributed by atoms with van der Waals surface area (Å²) in [6.07, 6.45) is 2.81. The second kappa shape index (κ2) is 7.70. The Hall–Kier alpha value is -4.14. The first-order valence-corrected chi connectivity index (χ1v) is 8.97. The SMILES string of the molecule is COc1cccc(NC(=O)c2cnn3c2NC(C(=O)O)=CC3c2ccc(F)cc2)c1. The molecule has 0 fully saturated rings. The van der Waals surface area contributed by atoms with Crippen LogP contribution in [0.5, 0.6) is 5.75 Å². The maximum absolute atomic E-state index is 13.3. The summed E-state index contributed by atoms with van der Waals surface area (Å²) in [6.45, 7) is 0. The molecule has 0 saturated heterocycles. The summed E-state index contributed by atoms with van der Waals surface area (Å²) in [7, 11) is 1.52. The Morgan fingerprint density at radius 1 is 1.23 bits per heavy atom. The highest BCUT2D eigenvalue weighted by molar-refractivity contribution is 6.08. The molecule has 1 unspecified atom stereocenters. The largest absolute Gasteiger partial charge is 0.497 e. The number of amides is 1. The fourth-order valence-corrected chi connectivity index (χ4v) is 3.18. The van der Waals surface area contributed by atoms with E-state index in [1.807, 2.05) is 0 Å². The van der Waals surface area contributed by atoms with Crippen molar-refractivity contribution in [3.8, 4) is 5.75 Å². The first-order chi connectivity index (χ1) is 14.5. The lowest BCUT2D eigenvalue weighted by molar-refractivity contribution is -0.132. The molecule has 0 aliphatic carbocycles. The van der Waals surface area contributed by atoms with Crippen molar-refractivity contribution in [2.24, 2.45) is 0 Å². The highest BCUT2D eigenvalue weighted by Crippen LogP contribution is 2.32. The molecule has 1 amide bonds. The molecular formula is C21H17FN4O4. The van der Waals surface area contributed by atoms with Crippen LogP contribution in [0.2, 0.25) is 0 Å². The van der Waals surface area contributed by atoms with E-state index in [2.05, 4.69) is 15.7 Å². The van der Waals surface area contributed by atoms with Gasteiger partial charge in [-0.1, -0.05) is 18.2 Å². The quantitative estimate of drug-likeness (QED) is 0.598. The predicted molar refractivity (Wildman–Crippen MR) is 107 cm³/mol. The van der Waals surface area contributed by atoms with Gasteiger partial charge in [-0.05, 0) is 35.9 Å². The van der Waals surface area contributed by atoms with E-state index in [-0.39, 0.29) is 17.1 Å². The van der Waals surface area contributed by atoms with Gasteiger partial charge in [0.05, 0.1) is 19.3 Å². The molecule has 1 atom stereocenters. The van der Waals surface area contributed by atoms with Crippen LogP contribution in [0.4, 0.5) is 15.9 Å². The van der Waals surface area contributed by atoms with Crippen molar-refractivity contribution in [2.45, 2.75) is 6.04 Å². The van der Waals surface area contributed by atoms with Crippen molar-refractivity contribution in [1.82, 2.24) is 9.78 Å². The number of benzene rings is 2. The summed E-state index contributed by atoms with van der Waals surface area (Å²) in [4.78, 5) is 24.5. The molecule has 152 valence electrons. The highest BCUT2D eigenvalue weighted by Gasteiger charge is 2.29. The molecule has 2 aromatic carbocycles. The van der Waals surface area contributed by atoms with Crippen molar-refractivity contribution in [2.75, 3.05) is 17.7 Å². The number of carboxylic acids is 1. The zero-order chi connectivity index (χ0) is 21.3. The molecule has 3 aromatic rings. The molecule has 1 aromatic heterocycles. The van der Waals surface area contributed by atoms with Crippen LogP contribution in [0.1, 0.15) is 22.0 Å². The Kier molecular flexibility index (Phi) is 4.93. The normalized spacial score (nSPS) is 14.9. The molecule has 9 heteroatoms. The average Bonchev–Trinajstić information content (AvgIpc) is 3.18. The molecule has 2 heterocycles. The van der Waals surface area contributed by atoms with Crippen molar-refractivity contribution >= 4 is 23.4 Å². The van der Waals surface area contributed by atoms with E-state index in [1.54, 1.807) is 36.4 Å². The van der Waals surface area contributed by atoms with Gasteiger partial charge in [-0.2, -0.15) is 5.10 Å². The summed E-state index contributed by atoms with van der Waals surface area (Å²) in [5.41, 5.74) is 1.20. The van der Waals surface area contributed by atoms with Gasteiger partial charge in [-0.15, -0.1) is 0 Å². The van der Waals surface area contributed by atoms with E-state index in [0.717, 1.165) is 0 Å². The second-order valence-electron chi connectivity index (χ2n) is 6.54. The second-order valence-corrected chi connectivity index (χ2v) is 6.54. The third-order valence-electron chi connectivity index (χ3n) is 4.65. The standard InChI is InChI=1S/C21H17FN4O4/c1-30-15-4-2-3-14(9-15)24-20(27)16-11-23-26-18(12-5-7-13(22)8-6-12)10-17(21(28)29)25-19(16)26/h2-11,18,25H,1H3,(H,24,27)(H,28,29). The van der Waals surface area contributed by atoms with Gasteiger partial charge >= 0.3 is 5.97 Å². The number of aliphatic carboxylic acids is 1. The maximum atomic E-state index is 13.3. The molecule has 0 radical (unpaired) electrons. The van der Waals surface area contributed by atoms with E-state index in [1.165, 1.54) is 36.2 Å². The van der Waals surface area contributed by atoms with E-state index in [0.29, 0.717) is 17.0 Å². The number of nitrogens with one attached hydrogen (secondary N) is 2. The molecule has 0 saturated carbocycles. The van der Waals surface area contributed by atoms with Crippen LogP contribution in [0.25, 0.3) is 0 Å². The number of allylic oxidation sites excluding steroid dienone is 1. The molecule has 0 bridgehead atoms. The van der Waals surface area contributed by atoms with Crippen LogP contribution in [0.15, 0.2) is 66.5 Å². The van der Waals surface area contributed by atoms with Crippen molar-refractivity contribution in [3.05, 3.63) is 83.4 Å². The van der Waals surface area contributed by atoms with E-state index < -0.39 is 23.7 Å². The van der Waals surface area contributed by atoms with Gasteiger partial charge in [0.2, 0.25) is 0 Å². The number of halogens is 1. The van der Waals surface area contributed by atoms with Gasteiger partial charge in [0.1, 0.15) is 28.6 Å². The fraction of sp³-hybridized carbons (Fsp3) is 0.0952. The topological polar surface area (TPSA) is 105 Å². The lowest BCUT2D eigenvalue weighted by Gasteiger charge is -2.24. The van der Waals surface area contributed by atoms with Crippen LogP contribution >= 0.6 is 0 Å². The monoisotopic (exact) mass is 408 g/mol. The number of methoxy groups -OCH3 is 1. The maximum Gasteiger partial charge on any atom is 0.352 e. The number of nitrogens with zero attached hydrogens (tertiary/aromatic N) is 2. The van der Waals surface area contributed by atoms with Gasteiger partial charge in [0, 0.05) is 11.8 Å². The third-order valence-corrected chi connectivity index (χ3v) is 4.65. The number of anilines is 2. The van der Waals surface area contributed by atoms with Gasteiger partial charge in [-0.25, -0.2) is 13.9 Å².